The van der Waals surface area contributed by atoms with E-state index in [0.717, 1.165) is 4.88 Å². The number of sulfonamides is 1. The number of aliphatic hydroxyl groups is 1. The molecule has 0 aliphatic heterocycles. The Hall–Kier alpha value is -0.470. The van der Waals surface area contributed by atoms with Gasteiger partial charge in [0.05, 0.1) is 0 Å². The maximum absolute atomic E-state index is 11.9. The Morgan fingerprint density at radius 3 is 2.89 bits per heavy atom. The Morgan fingerprint density at radius 2 is 2.22 bits per heavy atom. The molecule has 18 heavy (non-hydrogen) atoms. The zero-order valence-electron chi connectivity index (χ0n) is 10.4. The van der Waals surface area contributed by atoms with Crippen LogP contribution in [0, 0.1) is 0 Å². The second-order valence-corrected chi connectivity index (χ2v) is 6.80. The van der Waals surface area contributed by atoms with Gasteiger partial charge >= 0.3 is 0 Å². The van der Waals surface area contributed by atoms with E-state index < -0.39 is 10.0 Å². The molecule has 0 aliphatic rings. The Balaban J connectivity index is 2.46. The zero-order chi connectivity index (χ0) is 13.4. The standard InChI is InChI=1S/C11H19NO4S2/c1-2-16-9-3-7-12-18(14,15)11-5-4-10(17-11)6-8-13/h4-5,12-13H,2-3,6-9H2,1H3. The van der Waals surface area contributed by atoms with E-state index in [1.165, 1.54) is 11.3 Å². The van der Waals surface area contributed by atoms with Gasteiger partial charge in [0.1, 0.15) is 4.21 Å². The van der Waals surface area contributed by atoms with Gasteiger partial charge in [-0.05, 0) is 25.5 Å². The van der Waals surface area contributed by atoms with Crippen molar-refractivity contribution < 1.29 is 18.3 Å². The zero-order valence-corrected chi connectivity index (χ0v) is 12.0. The van der Waals surface area contributed by atoms with Crippen LogP contribution in [0.4, 0.5) is 0 Å². The molecule has 0 atom stereocenters. The first kappa shape index (κ1) is 15.6. The van der Waals surface area contributed by atoms with Crippen LogP contribution in [0.2, 0.25) is 0 Å². The molecule has 0 radical (unpaired) electrons. The van der Waals surface area contributed by atoms with Crippen molar-refractivity contribution in [2.45, 2.75) is 24.0 Å². The number of hydrogen-bond acceptors (Lipinski definition) is 5. The van der Waals surface area contributed by atoms with Crippen LogP contribution in [0.1, 0.15) is 18.2 Å². The predicted molar refractivity (Wildman–Crippen MR) is 71.4 cm³/mol. The van der Waals surface area contributed by atoms with Crippen LogP contribution in [0.15, 0.2) is 16.3 Å². The van der Waals surface area contributed by atoms with Gasteiger partial charge in [0.2, 0.25) is 10.0 Å². The summed E-state index contributed by atoms with van der Waals surface area (Å²) in [4.78, 5) is 0.868. The lowest BCUT2D eigenvalue weighted by Gasteiger charge is -2.04. The fourth-order valence-electron chi connectivity index (χ4n) is 1.34. The van der Waals surface area contributed by atoms with E-state index >= 15 is 0 Å². The summed E-state index contributed by atoms with van der Waals surface area (Å²) in [5, 5.41) is 8.78. The van der Waals surface area contributed by atoms with Crippen LogP contribution in [0.3, 0.4) is 0 Å². The van der Waals surface area contributed by atoms with Crippen LogP contribution in [-0.2, 0) is 21.2 Å². The van der Waals surface area contributed by atoms with Crippen molar-refractivity contribution in [3.05, 3.63) is 17.0 Å². The third-order valence-electron chi connectivity index (χ3n) is 2.22. The Kier molecular flexibility index (Phi) is 6.80. The SMILES string of the molecule is CCOCCCNS(=O)(=O)c1ccc(CCO)s1. The normalized spacial score (nSPS) is 11.9. The molecule has 0 amide bonds. The molecule has 0 spiro atoms. The van der Waals surface area contributed by atoms with Crippen molar-refractivity contribution >= 4 is 21.4 Å². The molecule has 5 nitrogen and oxygen atoms in total. The Morgan fingerprint density at radius 1 is 1.44 bits per heavy atom. The minimum absolute atomic E-state index is 0.0295. The van der Waals surface area contributed by atoms with Crippen LogP contribution < -0.4 is 4.72 Å². The van der Waals surface area contributed by atoms with Crippen molar-refractivity contribution in [3.8, 4) is 0 Å². The molecular weight excluding hydrogens is 274 g/mol. The smallest absolute Gasteiger partial charge is 0.250 e. The number of aliphatic hydroxyl groups excluding tert-OH is 1. The minimum Gasteiger partial charge on any atom is -0.396 e. The first-order valence-corrected chi connectivity index (χ1v) is 8.17. The molecule has 104 valence electrons. The first-order valence-electron chi connectivity index (χ1n) is 5.87. The summed E-state index contributed by atoms with van der Waals surface area (Å²) in [6.07, 6.45) is 1.15. The van der Waals surface area contributed by atoms with E-state index in [2.05, 4.69) is 4.72 Å². The van der Waals surface area contributed by atoms with E-state index in [1.54, 1.807) is 12.1 Å². The van der Waals surface area contributed by atoms with E-state index in [9.17, 15) is 8.42 Å². The molecule has 1 rings (SSSR count). The fourth-order valence-corrected chi connectivity index (χ4v) is 3.81. The lowest BCUT2D eigenvalue weighted by Crippen LogP contribution is -2.24. The number of nitrogens with one attached hydrogen (secondary N) is 1. The average molecular weight is 293 g/mol. The van der Waals surface area contributed by atoms with E-state index in [0.29, 0.717) is 36.8 Å². The van der Waals surface area contributed by atoms with Crippen molar-refractivity contribution in [1.82, 2.24) is 4.72 Å². The van der Waals surface area contributed by atoms with E-state index in [4.69, 9.17) is 9.84 Å². The van der Waals surface area contributed by atoms with Gasteiger partial charge in [-0.3, -0.25) is 0 Å². The molecule has 2 N–H and O–H groups in total. The van der Waals surface area contributed by atoms with Crippen molar-refractivity contribution in [3.63, 3.8) is 0 Å². The Bertz CT molecular complexity index is 442. The third kappa shape index (κ3) is 5.03. The van der Waals surface area contributed by atoms with Crippen LogP contribution in [0.25, 0.3) is 0 Å². The van der Waals surface area contributed by atoms with Crippen LogP contribution in [-0.4, -0.2) is 39.9 Å². The summed E-state index contributed by atoms with van der Waals surface area (Å²) in [6.45, 7) is 3.50. The first-order chi connectivity index (χ1) is 8.60. The number of ether oxygens (including phenoxy) is 1. The fraction of sp³-hybridized carbons (Fsp3) is 0.636. The van der Waals surface area contributed by atoms with Crippen LogP contribution in [0.5, 0.6) is 0 Å². The molecule has 1 aromatic rings. The molecule has 0 saturated carbocycles. The Labute approximate surface area is 112 Å². The highest BCUT2D eigenvalue weighted by Crippen LogP contribution is 2.21. The monoisotopic (exact) mass is 293 g/mol. The number of thiophene rings is 1. The molecular formula is C11H19NO4S2. The number of hydrogen-bond donors (Lipinski definition) is 2. The molecule has 1 heterocycles. The molecule has 1 aromatic heterocycles. The molecule has 0 saturated heterocycles. The minimum atomic E-state index is -3.41. The summed E-state index contributed by atoms with van der Waals surface area (Å²) < 4.78 is 31.7. The average Bonchev–Trinajstić information content (AvgIpc) is 2.79. The van der Waals surface area contributed by atoms with Gasteiger partial charge in [-0.15, -0.1) is 11.3 Å². The quantitative estimate of drug-likeness (QED) is 0.666. The van der Waals surface area contributed by atoms with E-state index in [1.807, 2.05) is 6.92 Å². The van der Waals surface area contributed by atoms with Gasteiger partial charge in [-0.25, -0.2) is 13.1 Å². The lowest BCUT2D eigenvalue weighted by atomic mass is 10.4. The molecule has 0 aliphatic carbocycles. The molecule has 0 unspecified atom stereocenters. The highest BCUT2D eigenvalue weighted by Gasteiger charge is 2.15. The van der Waals surface area contributed by atoms with Crippen molar-refractivity contribution in [2.24, 2.45) is 0 Å². The second kappa shape index (κ2) is 7.85. The van der Waals surface area contributed by atoms with Gasteiger partial charge in [0.25, 0.3) is 0 Å². The topological polar surface area (TPSA) is 75.6 Å². The van der Waals surface area contributed by atoms with Crippen molar-refractivity contribution in [1.29, 1.82) is 0 Å². The van der Waals surface area contributed by atoms with Gasteiger partial charge in [-0.2, -0.15) is 0 Å². The summed E-state index contributed by atoms with van der Waals surface area (Å²) in [6, 6.07) is 3.30. The predicted octanol–water partition coefficient (Wildman–Crippen LogP) is 0.988. The summed E-state index contributed by atoms with van der Waals surface area (Å²) in [5.74, 6) is 0. The lowest BCUT2D eigenvalue weighted by molar-refractivity contribution is 0.146. The van der Waals surface area contributed by atoms with Crippen molar-refractivity contribution in [2.75, 3.05) is 26.4 Å². The molecule has 0 bridgehead atoms. The number of rotatable bonds is 9. The highest BCUT2D eigenvalue weighted by atomic mass is 32.2. The summed E-state index contributed by atoms with van der Waals surface area (Å²) in [5.41, 5.74) is 0. The third-order valence-corrected chi connectivity index (χ3v) is 5.32. The van der Waals surface area contributed by atoms with E-state index in [-0.39, 0.29) is 6.61 Å². The largest absolute Gasteiger partial charge is 0.396 e. The van der Waals surface area contributed by atoms with Gasteiger partial charge in [-0.1, -0.05) is 0 Å². The highest BCUT2D eigenvalue weighted by molar-refractivity contribution is 7.91. The molecule has 0 fully saturated rings. The molecule has 7 heteroatoms. The molecule has 0 aromatic carbocycles. The second-order valence-electron chi connectivity index (χ2n) is 3.64. The van der Waals surface area contributed by atoms with Gasteiger partial charge < -0.3 is 9.84 Å². The summed E-state index contributed by atoms with van der Waals surface area (Å²) in [7, 11) is -3.41. The van der Waals surface area contributed by atoms with Crippen LogP contribution >= 0.6 is 11.3 Å². The van der Waals surface area contributed by atoms with Gasteiger partial charge in [0, 0.05) is 37.7 Å². The maximum atomic E-state index is 11.9. The van der Waals surface area contributed by atoms with Gasteiger partial charge in [0.15, 0.2) is 0 Å². The maximum Gasteiger partial charge on any atom is 0.250 e. The summed E-state index contributed by atoms with van der Waals surface area (Å²) >= 11 is 1.19.